The van der Waals surface area contributed by atoms with Crippen LogP contribution in [0, 0.1) is 5.82 Å². The molecule has 5 atom stereocenters. The summed E-state index contributed by atoms with van der Waals surface area (Å²) in [5, 5.41) is 79.7. The number of aliphatic hydroxyl groups is 3. The van der Waals surface area contributed by atoms with Gasteiger partial charge in [0.2, 0.25) is 12.1 Å². The summed E-state index contributed by atoms with van der Waals surface area (Å²) in [5.41, 5.74) is -1.93. The fourth-order valence-corrected chi connectivity index (χ4v) is 4.58. The monoisotopic (exact) mass is 576 g/mol. The van der Waals surface area contributed by atoms with Crippen LogP contribution < -0.4 is 9.47 Å². The third-order valence-electron chi connectivity index (χ3n) is 6.83. The summed E-state index contributed by atoms with van der Waals surface area (Å²) in [6.07, 6.45) is -5.67. The first-order valence-corrected chi connectivity index (χ1v) is 12.2. The number of benzene rings is 3. The minimum absolute atomic E-state index is 0.0480. The lowest BCUT2D eigenvalue weighted by atomic mass is 9.93. The highest BCUT2D eigenvalue weighted by Crippen LogP contribution is 2.45. The first-order valence-electron chi connectivity index (χ1n) is 12.2. The van der Waals surface area contributed by atoms with Crippen LogP contribution in [0.3, 0.4) is 0 Å². The molecular weight excluding hydrogens is 551 g/mol. The summed E-state index contributed by atoms with van der Waals surface area (Å²) >= 11 is 0. The average Bonchev–Trinajstić information content (AvgIpc) is 3.22. The second-order valence-electron chi connectivity index (χ2n) is 9.69. The second kappa shape index (κ2) is 10.5. The van der Waals surface area contributed by atoms with Crippen LogP contribution in [-0.2, 0) is 15.9 Å². The van der Waals surface area contributed by atoms with E-state index in [9.17, 15) is 50.0 Å². The van der Waals surface area contributed by atoms with Crippen LogP contribution in [0.25, 0.3) is 0 Å². The van der Waals surface area contributed by atoms with E-state index in [4.69, 9.17) is 18.9 Å². The van der Waals surface area contributed by atoms with Crippen LogP contribution in [-0.4, -0.2) is 84.1 Å². The standard InChI is InChI=1S/C27H25FO13/c28-22-17(33)4-12(5-18(22)34)25(36)40-21-8-14-19(39-23(21)11-1-2-15(31)16(32)3-11)6-13(30)7-20(14)41-26-24(35)27(37,9-29)10-38-26/h1-7,21,23-24,26,29-35,37H,8-10H2/t21-,23+,24?,26?,27?/m0/s1. The average molecular weight is 576 g/mol. The van der Waals surface area contributed by atoms with Crippen molar-refractivity contribution in [2.24, 2.45) is 0 Å². The maximum atomic E-state index is 13.7. The molecule has 14 heteroatoms. The summed E-state index contributed by atoms with van der Waals surface area (Å²) in [6.45, 7) is -1.26. The van der Waals surface area contributed by atoms with Crippen molar-refractivity contribution >= 4 is 5.97 Å². The molecule has 0 saturated carbocycles. The molecular formula is C27H25FO13. The van der Waals surface area contributed by atoms with Crippen molar-refractivity contribution < 1.29 is 69.0 Å². The molecule has 3 aromatic rings. The van der Waals surface area contributed by atoms with Crippen molar-refractivity contribution in [1.82, 2.24) is 0 Å². The van der Waals surface area contributed by atoms with Gasteiger partial charge in [-0.15, -0.1) is 0 Å². The van der Waals surface area contributed by atoms with E-state index in [0.717, 1.165) is 18.2 Å². The molecule has 2 aliphatic rings. The van der Waals surface area contributed by atoms with Crippen LogP contribution in [0.5, 0.6) is 40.2 Å². The van der Waals surface area contributed by atoms with Gasteiger partial charge in [-0.2, -0.15) is 4.39 Å². The van der Waals surface area contributed by atoms with E-state index in [0.29, 0.717) is 0 Å². The summed E-state index contributed by atoms with van der Waals surface area (Å²) in [7, 11) is 0. The maximum absolute atomic E-state index is 13.7. The number of carbonyl (C=O) groups excluding carboxylic acids is 1. The molecule has 0 spiro atoms. The first kappa shape index (κ1) is 28.0. The number of hydrogen-bond donors (Lipinski definition) is 8. The number of fused-ring (bicyclic) bond motifs is 1. The highest BCUT2D eigenvalue weighted by atomic mass is 19.1. The van der Waals surface area contributed by atoms with Crippen LogP contribution in [0.1, 0.15) is 27.6 Å². The molecule has 0 bridgehead atoms. The van der Waals surface area contributed by atoms with Crippen molar-refractivity contribution in [3.8, 4) is 40.2 Å². The molecule has 2 heterocycles. The number of aromatic hydroxyl groups is 5. The Balaban J connectivity index is 1.51. The normalized spacial score (nSPS) is 25.3. The van der Waals surface area contributed by atoms with Gasteiger partial charge < -0.3 is 59.8 Å². The van der Waals surface area contributed by atoms with Crippen LogP contribution in [0.4, 0.5) is 4.39 Å². The van der Waals surface area contributed by atoms with Crippen molar-refractivity contribution in [2.45, 2.75) is 36.6 Å². The van der Waals surface area contributed by atoms with Crippen LogP contribution >= 0.6 is 0 Å². The number of ether oxygens (including phenoxy) is 4. The van der Waals surface area contributed by atoms with E-state index in [1.165, 1.54) is 24.3 Å². The van der Waals surface area contributed by atoms with Crippen LogP contribution in [0.2, 0.25) is 0 Å². The predicted molar refractivity (Wildman–Crippen MR) is 132 cm³/mol. The molecule has 3 unspecified atom stereocenters. The van der Waals surface area contributed by atoms with Gasteiger partial charge in [-0.25, -0.2) is 4.79 Å². The summed E-state index contributed by atoms with van der Waals surface area (Å²) in [4.78, 5) is 13.0. The van der Waals surface area contributed by atoms with E-state index in [1.807, 2.05) is 0 Å². The number of carbonyl (C=O) groups is 1. The molecule has 0 amide bonds. The second-order valence-corrected chi connectivity index (χ2v) is 9.69. The lowest BCUT2D eigenvalue weighted by Gasteiger charge is -2.35. The molecule has 2 aliphatic heterocycles. The minimum atomic E-state index is -1.99. The number of halogens is 1. The lowest BCUT2D eigenvalue weighted by Crippen LogP contribution is -2.48. The van der Waals surface area contributed by atoms with E-state index in [2.05, 4.69) is 0 Å². The zero-order valence-corrected chi connectivity index (χ0v) is 21.0. The molecule has 13 nitrogen and oxygen atoms in total. The molecule has 1 fully saturated rings. The van der Waals surface area contributed by atoms with Gasteiger partial charge in [0.1, 0.15) is 35.1 Å². The van der Waals surface area contributed by atoms with Gasteiger partial charge in [-0.1, -0.05) is 6.07 Å². The number of aliphatic hydroxyl groups excluding tert-OH is 2. The summed E-state index contributed by atoms with van der Waals surface area (Å²) in [6, 6.07) is 7.64. The first-order chi connectivity index (χ1) is 19.4. The van der Waals surface area contributed by atoms with Gasteiger partial charge in [-0.3, -0.25) is 0 Å². The molecule has 218 valence electrons. The number of phenolic OH excluding ortho intramolecular Hbond substituents is 5. The zero-order valence-electron chi connectivity index (χ0n) is 21.0. The number of phenols is 5. The largest absolute Gasteiger partial charge is 0.508 e. The minimum Gasteiger partial charge on any atom is -0.508 e. The Morgan fingerprint density at radius 1 is 1.00 bits per heavy atom. The third-order valence-corrected chi connectivity index (χ3v) is 6.83. The molecule has 3 aromatic carbocycles. The Morgan fingerprint density at radius 2 is 1.71 bits per heavy atom. The molecule has 0 aliphatic carbocycles. The van der Waals surface area contributed by atoms with E-state index in [-0.39, 0.29) is 34.8 Å². The maximum Gasteiger partial charge on any atom is 0.338 e. The number of rotatable bonds is 6. The smallest absolute Gasteiger partial charge is 0.338 e. The highest BCUT2D eigenvalue weighted by Gasteiger charge is 2.49. The van der Waals surface area contributed by atoms with Crippen molar-refractivity contribution in [1.29, 1.82) is 0 Å². The highest BCUT2D eigenvalue weighted by molar-refractivity contribution is 5.90. The Morgan fingerprint density at radius 3 is 2.34 bits per heavy atom. The van der Waals surface area contributed by atoms with Crippen LogP contribution in [0.15, 0.2) is 42.5 Å². The predicted octanol–water partition coefficient (Wildman–Crippen LogP) is 1.07. The fraction of sp³-hybridized carbons (Fsp3) is 0.296. The summed E-state index contributed by atoms with van der Waals surface area (Å²) in [5.74, 6) is -5.71. The third kappa shape index (κ3) is 5.20. The number of hydrogen-bond acceptors (Lipinski definition) is 13. The van der Waals surface area contributed by atoms with Gasteiger partial charge in [-0.05, 0) is 24.3 Å². The van der Waals surface area contributed by atoms with Crippen molar-refractivity contribution in [3.63, 3.8) is 0 Å². The van der Waals surface area contributed by atoms with E-state index >= 15 is 0 Å². The molecule has 0 aromatic heterocycles. The van der Waals surface area contributed by atoms with Gasteiger partial charge in [0.15, 0.2) is 29.1 Å². The van der Waals surface area contributed by atoms with Gasteiger partial charge in [0.25, 0.3) is 0 Å². The van der Waals surface area contributed by atoms with Gasteiger partial charge >= 0.3 is 5.97 Å². The Hall–Kier alpha value is -4.50. The molecule has 41 heavy (non-hydrogen) atoms. The quantitative estimate of drug-likeness (QED) is 0.152. The molecule has 5 rings (SSSR count). The van der Waals surface area contributed by atoms with Crippen molar-refractivity contribution in [2.75, 3.05) is 13.2 Å². The number of esters is 1. The summed E-state index contributed by atoms with van der Waals surface area (Å²) < 4.78 is 36.4. The molecule has 1 saturated heterocycles. The Kier molecular flexibility index (Phi) is 7.17. The topological polar surface area (TPSA) is 216 Å². The Labute approximate surface area is 230 Å². The van der Waals surface area contributed by atoms with Gasteiger partial charge in [0, 0.05) is 29.7 Å². The van der Waals surface area contributed by atoms with E-state index in [1.54, 1.807) is 0 Å². The fourth-order valence-electron chi connectivity index (χ4n) is 4.58. The zero-order chi connectivity index (χ0) is 29.6. The SMILES string of the molecule is O=C(O[C@H]1Cc2c(OC3OCC(O)(CO)C3O)cc(O)cc2O[C@@H]1c1ccc(O)c(O)c1)c1cc(O)c(F)c(O)c1. The van der Waals surface area contributed by atoms with Gasteiger partial charge in [0.05, 0.1) is 18.8 Å². The Bertz CT molecular complexity index is 1470. The van der Waals surface area contributed by atoms with Crippen molar-refractivity contribution in [3.05, 3.63) is 65.0 Å². The van der Waals surface area contributed by atoms with E-state index < -0.39 is 83.8 Å². The molecule has 8 N–H and O–H groups in total. The molecule has 0 radical (unpaired) electrons. The lowest BCUT2D eigenvalue weighted by molar-refractivity contribution is -0.116.